The third-order valence-electron chi connectivity index (χ3n) is 3.13. The van der Waals surface area contributed by atoms with E-state index in [1.165, 1.54) is 0 Å². The molecule has 0 aliphatic heterocycles. The average Bonchev–Trinajstić information content (AvgIpc) is 3.24. The fourth-order valence-electron chi connectivity index (χ4n) is 1.98. The zero-order valence-corrected chi connectivity index (χ0v) is 13.4. The van der Waals surface area contributed by atoms with Crippen molar-refractivity contribution in [1.29, 1.82) is 0 Å². The number of aromatic nitrogens is 3. The SMILES string of the molecule is COCCNC(=NCCCn1ccnn1)NCCc1ccco1. The van der Waals surface area contributed by atoms with Gasteiger partial charge in [0.05, 0.1) is 19.1 Å². The fraction of sp³-hybridized carbons (Fsp3) is 0.533. The largest absolute Gasteiger partial charge is 0.469 e. The van der Waals surface area contributed by atoms with Gasteiger partial charge in [0.2, 0.25) is 0 Å². The topological polar surface area (TPSA) is 89.5 Å². The Bertz CT molecular complexity index is 538. The van der Waals surface area contributed by atoms with Crippen molar-refractivity contribution in [3.05, 3.63) is 36.5 Å². The molecule has 8 heteroatoms. The van der Waals surface area contributed by atoms with Crippen LogP contribution in [0.15, 0.2) is 40.2 Å². The molecule has 2 aromatic heterocycles. The smallest absolute Gasteiger partial charge is 0.191 e. The van der Waals surface area contributed by atoms with E-state index in [0.29, 0.717) is 19.7 Å². The highest BCUT2D eigenvalue weighted by atomic mass is 16.5. The Hall–Kier alpha value is -2.35. The maximum absolute atomic E-state index is 5.32. The van der Waals surface area contributed by atoms with E-state index < -0.39 is 0 Å². The van der Waals surface area contributed by atoms with Crippen molar-refractivity contribution in [1.82, 2.24) is 25.6 Å². The van der Waals surface area contributed by atoms with Crippen LogP contribution in [-0.2, 0) is 17.7 Å². The Morgan fingerprint density at radius 1 is 1.39 bits per heavy atom. The zero-order chi connectivity index (χ0) is 16.2. The molecule has 2 rings (SSSR count). The zero-order valence-electron chi connectivity index (χ0n) is 13.4. The molecule has 2 aromatic rings. The first-order valence-corrected chi connectivity index (χ1v) is 7.76. The summed E-state index contributed by atoms with van der Waals surface area (Å²) in [7, 11) is 1.68. The van der Waals surface area contributed by atoms with Gasteiger partial charge in [-0.3, -0.25) is 9.67 Å². The quantitative estimate of drug-likeness (QED) is 0.380. The normalized spacial score (nSPS) is 11.6. The number of furan rings is 1. The molecule has 0 atom stereocenters. The maximum Gasteiger partial charge on any atom is 0.191 e. The van der Waals surface area contributed by atoms with Crippen molar-refractivity contribution in [3.8, 4) is 0 Å². The van der Waals surface area contributed by atoms with Crippen LogP contribution < -0.4 is 10.6 Å². The molecule has 126 valence electrons. The minimum absolute atomic E-state index is 0.637. The summed E-state index contributed by atoms with van der Waals surface area (Å²) >= 11 is 0. The molecule has 0 aliphatic carbocycles. The number of aliphatic imine (C=N–C) groups is 1. The van der Waals surface area contributed by atoms with Crippen LogP contribution in [0, 0.1) is 0 Å². The second-order valence-corrected chi connectivity index (χ2v) is 4.93. The van der Waals surface area contributed by atoms with Crippen molar-refractivity contribution in [2.75, 3.05) is 33.4 Å². The number of hydrogen-bond donors (Lipinski definition) is 2. The van der Waals surface area contributed by atoms with Crippen LogP contribution in [0.3, 0.4) is 0 Å². The lowest BCUT2D eigenvalue weighted by molar-refractivity contribution is 0.203. The lowest BCUT2D eigenvalue weighted by Gasteiger charge is -2.12. The van der Waals surface area contributed by atoms with E-state index in [-0.39, 0.29) is 0 Å². The molecule has 0 fully saturated rings. The van der Waals surface area contributed by atoms with Gasteiger partial charge in [0.1, 0.15) is 5.76 Å². The summed E-state index contributed by atoms with van der Waals surface area (Å²) in [6, 6.07) is 3.86. The summed E-state index contributed by atoms with van der Waals surface area (Å²) in [6.07, 6.45) is 6.93. The van der Waals surface area contributed by atoms with Gasteiger partial charge < -0.3 is 19.8 Å². The monoisotopic (exact) mass is 320 g/mol. The van der Waals surface area contributed by atoms with Crippen LogP contribution in [0.25, 0.3) is 0 Å². The summed E-state index contributed by atoms with van der Waals surface area (Å²) in [6.45, 7) is 3.63. The predicted molar refractivity (Wildman–Crippen MR) is 87.2 cm³/mol. The minimum Gasteiger partial charge on any atom is -0.469 e. The van der Waals surface area contributed by atoms with Crippen LogP contribution in [0.5, 0.6) is 0 Å². The first-order valence-electron chi connectivity index (χ1n) is 7.76. The van der Waals surface area contributed by atoms with E-state index in [1.807, 2.05) is 18.3 Å². The van der Waals surface area contributed by atoms with Crippen LogP contribution in [0.2, 0.25) is 0 Å². The van der Waals surface area contributed by atoms with Gasteiger partial charge in [0, 0.05) is 45.9 Å². The molecule has 2 N–H and O–H groups in total. The van der Waals surface area contributed by atoms with Gasteiger partial charge in [0.15, 0.2) is 5.96 Å². The first-order chi connectivity index (χ1) is 11.4. The molecule has 0 aliphatic rings. The van der Waals surface area contributed by atoms with Gasteiger partial charge in [0.25, 0.3) is 0 Å². The number of nitrogens with one attached hydrogen (secondary N) is 2. The Morgan fingerprint density at radius 2 is 2.30 bits per heavy atom. The summed E-state index contributed by atoms with van der Waals surface area (Å²) in [4.78, 5) is 4.56. The van der Waals surface area contributed by atoms with Crippen molar-refractivity contribution < 1.29 is 9.15 Å². The number of aryl methyl sites for hydroxylation is 1. The molecule has 0 unspecified atom stereocenters. The van der Waals surface area contributed by atoms with Crippen LogP contribution in [-0.4, -0.2) is 54.3 Å². The molecule has 0 amide bonds. The van der Waals surface area contributed by atoms with Gasteiger partial charge in [-0.25, -0.2) is 0 Å². The lowest BCUT2D eigenvalue weighted by atomic mass is 10.3. The van der Waals surface area contributed by atoms with E-state index in [1.54, 1.807) is 24.3 Å². The van der Waals surface area contributed by atoms with E-state index in [9.17, 15) is 0 Å². The third kappa shape index (κ3) is 6.96. The first kappa shape index (κ1) is 17.0. The number of ether oxygens (including phenoxy) is 1. The van der Waals surface area contributed by atoms with Gasteiger partial charge in [-0.1, -0.05) is 5.21 Å². The summed E-state index contributed by atoms with van der Waals surface area (Å²) < 4.78 is 12.2. The molecule has 0 spiro atoms. The van der Waals surface area contributed by atoms with Crippen LogP contribution >= 0.6 is 0 Å². The Labute approximate surface area is 135 Å². The van der Waals surface area contributed by atoms with Crippen molar-refractivity contribution in [2.45, 2.75) is 19.4 Å². The maximum atomic E-state index is 5.32. The van der Waals surface area contributed by atoms with Gasteiger partial charge in [-0.2, -0.15) is 0 Å². The Balaban J connectivity index is 1.71. The standard InChI is InChI=1S/C15H24N6O2/c1-22-13-9-18-15(17-7-5-14-4-2-12-23-14)16-6-3-10-21-11-8-19-20-21/h2,4,8,11-12H,3,5-7,9-10,13H2,1H3,(H2,16,17,18). The highest BCUT2D eigenvalue weighted by Crippen LogP contribution is 1.99. The molecule has 0 aromatic carbocycles. The summed E-state index contributed by atoms with van der Waals surface area (Å²) in [5, 5.41) is 14.3. The fourth-order valence-corrected chi connectivity index (χ4v) is 1.98. The summed E-state index contributed by atoms with van der Waals surface area (Å²) in [5.74, 6) is 1.74. The number of guanidine groups is 1. The molecule has 8 nitrogen and oxygen atoms in total. The second kappa shape index (κ2) is 10.4. The molecule has 2 heterocycles. The number of nitrogens with zero attached hydrogens (tertiary/aromatic N) is 4. The second-order valence-electron chi connectivity index (χ2n) is 4.93. The van der Waals surface area contributed by atoms with Crippen LogP contribution in [0.4, 0.5) is 0 Å². The van der Waals surface area contributed by atoms with Crippen molar-refractivity contribution >= 4 is 5.96 Å². The highest BCUT2D eigenvalue weighted by molar-refractivity contribution is 5.79. The number of hydrogen-bond acceptors (Lipinski definition) is 5. The number of rotatable bonds is 10. The Kier molecular flexibility index (Phi) is 7.68. The van der Waals surface area contributed by atoms with E-state index in [2.05, 4.69) is 25.9 Å². The van der Waals surface area contributed by atoms with E-state index in [0.717, 1.165) is 37.7 Å². The van der Waals surface area contributed by atoms with Crippen molar-refractivity contribution in [3.63, 3.8) is 0 Å². The van der Waals surface area contributed by atoms with E-state index in [4.69, 9.17) is 9.15 Å². The van der Waals surface area contributed by atoms with Gasteiger partial charge >= 0.3 is 0 Å². The van der Waals surface area contributed by atoms with Crippen LogP contribution in [0.1, 0.15) is 12.2 Å². The van der Waals surface area contributed by atoms with Crippen molar-refractivity contribution in [2.24, 2.45) is 4.99 Å². The Morgan fingerprint density at radius 3 is 3.04 bits per heavy atom. The minimum atomic E-state index is 0.637. The molecule has 0 radical (unpaired) electrons. The highest BCUT2D eigenvalue weighted by Gasteiger charge is 2.00. The molecule has 23 heavy (non-hydrogen) atoms. The molecular weight excluding hydrogens is 296 g/mol. The van der Waals surface area contributed by atoms with E-state index >= 15 is 0 Å². The predicted octanol–water partition coefficient (Wildman–Crippen LogP) is 0.686. The van der Waals surface area contributed by atoms with Gasteiger partial charge in [-0.15, -0.1) is 5.10 Å². The summed E-state index contributed by atoms with van der Waals surface area (Å²) in [5.41, 5.74) is 0. The third-order valence-corrected chi connectivity index (χ3v) is 3.13. The molecule has 0 saturated heterocycles. The average molecular weight is 320 g/mol. The molecule has 0 saturated carbocycles. The molecular formula is C15H24N6O2. The lowest BCUT2D eigenvalue weighted by Crippen LogP contribution is -2.40. The number of methoxy groups -OCH3 is 1. The molecule has 0 bridgehead atoms. The van der Waals surface area contributed by atoms with Gasteiger partial charge in [-0.05, 0) is 18.6 Å².